The number of rotatable bonds is 3. The average molecular weight is 324 g/mol. The second-order valence-corrected chi connectivity index (χ2v) is 7.46. The Labute approximate surface area is 144 Å². The Kier molecular flexibility index (Phi) is 4.21. The highest BCUT2D eigenvalue weighted by Gasteiger charge is 2.40. The van der Waals surface area contributed by atoms with Gasteiger partial charge in [-0.25, -0.2) is 0 Å². The van der Waals surface area contributed by atoms with E-state index in [1.807, 2.05) is 7.05 Å². The van der Waals surface area contributed by atoms with E-state index in [0.717, 1.165) is 25.5 Å². The van der Waals surface area contributed by atoms with Crippen molar-refractivity contribution in [2.24, 2.45) is 10.4 Å². The molecule has 1 aromatic carbocycles. The number of aromatic nitrogens is 1. The molecule has 1 aliphatic heterocycles. The molecule has 2 aliphatic rings. The average Bonchev–Trinajstić information content (AvgIpc) is 3.34. The van der Waals surface area contributed by atoms with Crippen molar-refractivity contribution in [2.45, 2.75) is 38.5 Å². The lowest BCUT2D eigenvalue weighted by Gasteiger charge is -2.25. The Hall–Kier alpha value is -1.97. The van der Waals surface area contributed by atoms with E-state index >= 15 is 0 Å². The van der Waals surface area contributed by atoms with Crippen LogP contribution in [0.1, 0.15) is 37.7 Å². The smallest absolute Gasteiger partial charge is 0.193 e. The standard InChI is InChI=1S/C20H28N4/c1-21-19(24-13-11-20(15-24)9-4-5-10-20)22-12-8-16-14-23-18-7-3-2-6-17(16)18/h2-3,6-7,14,23H,4-5,8-13,15H2,1H3,(H,21,22). The third kappa shape index (κ3) is 2.90. The van der Waals surface area contributed by atoms with Crippen LogP contribution in [0, 0.1) is 5.41 Å². The van der Waals surface area contributed by atoms with E-state index in [2.05, 4.69) is 50.7 Å². The maximum atomic E-state index is 4.53. The van der Waals surface area contributed by atoms with Gasteiger partial charge in [-0.1, -0.05) is 31.0 Å². The number of H-pyrrole nitrogens is 1. The highest BCUT2D eigenvalue weighted by atomic mass is 15.3. The minimum Gasteiger partial charge on any atom is -0.361 e. The van der Waals surface area contributed by atoms with Gasteiger partial charge in [-0.2, -0.15) is 0 Å². The molecule has 4 heteroatoms. The number of para-hydroxylation sites is 1. The molecule has 0 bridgehead atoms. The van der Waals surface area contributed by atoms with Crippen molar-refractivity contribution >= 4 is 16.9 Å². The molecule has 2 aromatic rings. The molecular weight excluding hydrogens is 296 g/mol. The zero-order valence-corrected chi connectivity index (χ0v) is 14.6. The molecule has 24 heavy (non-hydrogen) atoms. The van der Waals surface area contributed by atoms with Crippen molar-refractivity contribution in [1.29, 1.82) is 0 Å². The Morgan fingerprint density at radius 3 is 2.92 bits per heavy atom. The van der Waals surface area contributed by atoms with E-state index in [1.54, 1.807) is 0 Å². The first-order valence-electron chi connectivity index (χ1n) is 9.30. The van der Waals surface area contributed by atoms with Gasteiger partial charge in [0.1, 0.15) is 0 Å². The van der Waals surface area contributed by atoms with Crippen LogP contribution in [-0.2, 0) is 6.42 Å². The minimum absolute atomic E-state index is 0.592. The fraction of sp³-hybridized carbons (Fsp3) is 0.550. The lowest BCUT2D eigenvalue weighted by Crippen LogP contribution is -2.41. The first-order chi connectivity index (χ1) is 11.8. The van der Waals surface area contributed by atoms with Crippen LogP contribution in [0.3, 0.4) is 0 Å². The van der Waals surface area contributed by atoms with Gasteiger partial charge in [-0.3, -0.25) is 4.99 Å². The second-order valence-electron chi connectivity index (χ2n) is 7.46. The predicted molar refractivity (Wildman–Crippen MR) is 100 cm³/mol. The summed E-state index contributed by atoms with van der Waals surface area (Å²) in [6.45, 7) is 3.28. The monoisotopic (exact) mass is 324 g/mol. The van der Waals surface area contributed by atoms with Crippen LogP contribution in [0.4, 0.5) is 0 Å². The maximum absolute atomic E-state index is 4.53. The Balaban J connectivity index is 1.34. The molecule has 2 N–H and O–H groups in total. The van der Waals surface area contributed by atoms with Crippen molar-refractivity contribution in [3.8, 4) is 0 Å². The van der Waals surface area contributed by atoms with Crippen molar-refractivity contribution in [3.63, 3.8) is 0 Å². The zero-order chi connectivity index (χ0) is 16.4. The molecule has 128 valence electrons. The molecule has 1 aromatic heterocycles. The number of guanidine groups is 1. The summed E-state index contributed by atoms with van der Waals surface area (Å²) in [6.07, 6.45) is 10.2. The number of hydrogen-bond donors (Lipinski definition) is 2. The lowest BCUT2D eigenvalue weighted by molar-refractivity contribution is 0.309. The SMILES string of the molecule is CN=C(NCCc1c[nH]c2ccccc12)N1CCC2(CCCC2)C1. The van der Waals surface area contributed by atoms with Crippen molar-refractivity contribution < 1.29 is 0 Å². The Morgan fingerprint density at radius 2 is 2.08 bits per heavy atom. The van der Waals surface area contributed by atoms with Crippen molar-refractivity contribution in [1.82, 2.24) is 15.2 Å². The van der Waals surface area contributed by atoms with Gasteiger partial charge in [-0.05, 0) is 42.7 Å². The summed E-state index contributed by atoms with van der Waals surface area (Å²) in [5.74, 6) is 1.08. The molecule has 1 saturated carbocycles. The molecule has 1 aliphatic carbocycles. The van der Waals surface area contributed by atoms with E-state index in [0.29, 0.717) is 5.41 Å². The fourth-order valence-electron chi connectivity index (χ4n) is 4.63. The van der Waals surface area contributed by atoms with Gasteiger partial charge in [0, 0.05) is 43.8 Å². The quantitative estimate of drug-likeness (QED) is 0.670. The first kappa shape index (κ1) is 15.6. The van der Waals surface area contributed by atoms with E-state index in [9.17, 15) is 0 Å². The van der Waals surface area contributed by atoms with Gasteiger partial charge < -0.3 is 15.2 Å². The van der Waals surface area contributed by atoms with E-state index in [1.165, 1.54) is 55.1 Å². The molecule has 2 heterocycles. The van der Waals surface area contributed by atoms with Crippen LogP contribution in [0.15, 0.2) is 35.5 Å². The topological polar surface area (TPSA) is 43.4 Å². The molecule has 4 nitrogen and oxygen atoms in total. The van der Waals surface area contributed by atoms with E-state index in [4.69, 9.17) is 0 Å². The lowest BCUT2D eigenvalue weighted by atomic mass is 9.86. The number of fused-ring (bicyclic) bond motifs is 1. The summed E-state index contributed by atoms with van der Waals surface area (Å²) >= 11 is 0. The summed E-state index contributed by atoms with van der Waals surface area (Å²) in [5, 5.41) is 4.92. The molecule has 1 saturated heterocycles. The molecule has 4 rings (SSSR count). The van der Waals surface area contributed by atoms with Gasteiger partial charge >= 0.3 is 0 Å². The van der Waals surface area contributed by atoms with Gasteiger partial charge in [0.05, 0.1) is 0 Å². The number of benzene rings is 1. The van der Waals surface area contributed by atoms with Crippen molar-refractivity contribution in [3.05, 3.63) is 36.0 Å². The highest BCUT2D eigenvalue weighted by Crippen LogP contribution is 2.45. The fourth-order valence-corrected chi connectivity index (χ4v) is 4.63. The Morgan fingerprint density at radius 1 is 1.25 bits per heavy atom. The number of nitrogens with one attached hydrogen (secondary N) is 2. The van der Waals surface area contributed by atoms with Crippen LogP contribution < -0.4 is 5.32 Å². The van der Waals surface area contributed by atoms with Crippen LogP contribution in [-0.4, -0.2) is 42.5 Å². The molecule has 1 spiro atoms. The Bertz CT molecular complexity index is 724. The minimum atomic E-state index is 0.592. The number of hydrogen-bond acceptors (Lipinski definition) is 1. The molecular formula is C20H28N4. The number of aromatic amines is 1. The molecule has 0 atom stereocenters. The molecule has 0 unspecified atom stereocenters. The molecule has 2 fully saturated rings. The maximum Gasteiger partial charge on any atom is 0.193 e. The normalized spacial score (nSPS) is 20.4. The molecule has 0 amide bonds. The summed E-state index contributed by atoms with van der Waals surface area (Å²) in [7, 11) is 1.91. The number of likely N-dealkylation sites (tertiary alicyclic amines) is 1. The number of nitrogens with zero attached hydrogens (tertiary/aromatic N) is 2. The summed E-state index contributed by atoms with van der Waals surface area (Å²) in [6, 6.07) is 8.52. The second kappa shape index (κ2) is 6.50. The van der Waals surface area contributed by atoms with Crippen LogP contribution in [0.2, 0.25) is 0 Å². The van der Waals surface area contributed by atoms with Gasteiger partial charge in [0.2, 0.25) is 0 Å². The summed E-state index contributed by atoms with van der Waals surface area (Å²) < 4.78 is 0. The largest absolute Gasteiger partial charge is 0.361 e. The van der Waals surface area contributed by atoms with Gasteiger partial charge in [0.25, 0.3) is 0 Å². The number of aliphatic imine (C=N–C) groups is 1. The van der Waals surface area contributed by atoms with Crippen LogP contribution in [0.25, 0.3) is 10.9 Å². The summed E-state index contributed by atoms with van der Waals surface area (Å²) in [4.78, 5) is 10.4. The van der Waals surface area contributed by atoms with Gasteiger partial charge in [0.15, 0.2) is 5.96 Å². The van der Waals surface area contributed by atoms with E-state index < -0.39 is 0 Å². The van der Waals surface area contributed by atoms with Crippen molar-refractivity contribution in [2.75, 3.05) is 26.7 Å². The van der Waals surface area contributed by atoms with Crippen LogP contribution in [0.5, 0.6) is 0 Å². The zero-order valence-electron chi connectivity index (χ0n) is 14.6. The third-order valence-electron chi connectivity index (χ3n) is 5.97. The van der Waals surface area contributed by atoms with Gasteiger partial charge in [-0.15, -0.1) is 0 Å². The summed E-state index contributed by atoms with van der Waals surface area (Å²) in [5.41, 5.74) is 3.19. The van der Waals surface area contributed by atoms with E-state index in [-0.39, 0.29) is 0 Å². The highest BCUT2D eigenvalue weighted by molar-refractivity contribution is 5.83. The third-order valence-corrected chi connectivity index (χ3v) is 5.97. The van der Waals surface area contributed by atoms with Crippen LogP contribution >= 0.6 is 0 Å². The predicted octanol–water partition coefficient (Wildman–Crippen LogP) is 3.55. The molecule has 0 radical (unpaired) electrons. The first-order valence-corrected chi connectivity index (χ1v) is 9.30.